The van der Waals surface area contributed by atoms with Gasteiger partial charge in [-0.2, -0.15) is 0 Å². The normalized spacial score (nSPS) is 17.1. The van der Waals surface area contributed by atoms with Crippen molar-refractivity contribution in [3.8, 4) is 0 Å². The van der Waals surface area contributed by atoms with Crippen molar-refractivity contribution in [1.82, 2.24) is 14.7 Å². The fourth-order valence-corrected chi connectivity index (χ4v) is 22.3. The lowest BCUT2D eigenvalue weighted by Gasteiger charge is -2.50. The maximum atomic E-state index is 13.7. The van der Waals surface area contributed by atoms with E-state index in [1.165, 1.54) is 42.0 Å². The van der Waals surface area contributed by atoms with Crippen molar-refractivity contribution in [1.29, 1.82) is 0 Å². The first-order chi connectivity index (χ1) is 22.4. The zero-order valence-electron chi connectivity index (χ0n) is 26.5. The second-order valence-corrected chi connectivity index (χ2v) is 26.3. The molecule has 0 aromatic heterocycles. The summed E-state index contributed by atoms with van der Waals surface area (Å²) in [6.45, 7) is 11.5. The van der Waals surface area contributed by atoms with Crippen LogP contribution in [0, 0.1) is 23.0 Å². The number of rotatable bonds is 5. The SMILES string of the molecule is CC(=O)N1CCC(CC(=O)N2CCN(C(c3ccc(F)cc3)c3ccc(F)cc3)C[C@@H]2C(C)(C)C)CC1.S=S=S=S=S=S=S=S=S=S. The molecule has 0 N–H and O–H groups in total. The van der Waals surface area contributed by atoms with Gasteiger partial charge in [0.15, 0.2) is 0 Å². The van der Waals surface area contributed by atoms with E-state index in [9.17, 15) is 18.4 Å². The summed E-state index contributed by atoms with van der Waals surface area (Å²) in [6, 6.07) is 12.8. The first-order valence-corrected chi connectivity index (χ1v) is 26.8. The lowest BCUT2D eigenvalue weighted by Crippen LogP contribution is -2.60. The van der Waals surface area contributed by atoms with Crippen LogP contribution in [0.5, 0.6) is 0 Å². The van der Waals surface area contributed by atoms with Gasteiger partial charge in [-0.1, -0.05) is 45.0 Å². The van der Waals surface area contributed by atoms with Gasteiger partial charge in [0, 0.05) is 146 Å². The van der Waals surface area contributed by atoms with Gasteiger partial charge in [0.1, 0.15) is 11.6 Å². The van der Waals surface area contributed by atoms with Crippen LogP contribution in [0.25, 0.3) is 0 Å². The molecular weight excluding hydrogens is 793 g/mol. The quantitative estimate of drug-likeness (QED) is 0.413. The number of carbonyl (C=O) groups excluding carboxylic acids is 2. The molecule has 0 bridgehead atoms. The van der Waals surface area contributed by atoms with Gasteiger partial charge >= 0.3 is 0 Å². The van der Waals surface area contributed by atoms with E-state index in [2.05, 4.69) is 52.9 Å². The molecule has 2 fully saturated rings. The van der Waals surface area contributed by atoms with Gasteiger partial charge < -0.3 is 9.80 Å². The van der Waals surface area contributed by atoms with Crippen LogP contribution in [0.2, 0.25) is 0 Å². The molecule has 4 rings (SSSR count). The molecule has 2 aliphatic rings. The molecule has 17 heteroatoms. The monoisotopic (exact) mass is 831 g/mol. The van der Waals surface area contributed by atoms with Gasteiger partial charge in [0.2, 0.25) is 11.8 Å². The number of piperidine rings is 1. The topological polar surface area (TPSA) is 43.9 Å². The molecule has 2 heterocycles. The van der Waals surface area contributed by atoms with Crippen LogP contribution in [-0.4, -0.2) is 65.3 Å². The highest BCUT2D eigenvalue weighted by atomic mass is 33.4. The summed E-state index contributed by atoms with van der Waals surface area (Å²) in [7, 11) is 12.7. The van der Waals surface area contributed by atoms with Crippen LogP contribution in [0.4, 0.5) is 8.78 Å². The summed E-state index contributed by atoms with van der Waals surface area (Å²) < 4.78 is 27.5. The minimum atomic E-state index is -0.293. The molecule has 1 atom stereocenters. The molecule has 260 valence electrons. The Labute approximate surface area is 309 Å². The van der Waals surface area contributed by atoms with E-state index in [1.54, 1.807) is 84.5 Å². The summed E-state index contributed by atoms with van der Waals surface area (Å²) in [5, 5.41) is 0. The van der Waals surface area contributed by atoms with Crippen molar-refractivity contribution in [2.75, 3.05) is 32.7 Å². The third kappa shape index (κ3) is 13.6. The predicted molar refractivity (Wildman–Crippen MR) is 214 cm³/mol. The molecule has 2 amide bonds. The fourth-order valence-electron chi connectivity index (χ4n) is 5.87. The van der Waals surface area contributed by atoms with Crippen molar-refractivity contribution in [2.45, 2.75) is 59.0 Å². The molecule has 0 unspecified atom stereocenters. The van der Waals surface area contributed by atoms with Gasteiger partial charge in [-0.15, -0.1) is 0 Å². The average molecular weight is 832 g/mol. The van der Waals surface area contributed by atoms with Crippen LogP contribution in [0.1, 0.15) is 64.1 Å². The van der Waals surface area contributed by atoms with Crippen molar-refractivity contribution >= 4 is 105 Å². The molecule has 2 saturated heterocycles. The molecular formula is C30H39F2N3O2S10. The molecule has 2 aromatic carbocycles. The number of halogens is 2. The number of likely N-dealkylation sites (tertiary alicyclic amines) is 1. The highest BCUT2D eigenvalue weighted by Gasteiger charge is 2.40. The second-order valence-electron chi connectivity index (χ2n) is 12.2. The Bertz CT molecular complexity index is 1630. The number of nitrogens with zero attached hydrogens (tertiary/aromatic N) is 3. The Morgan fingerprint density at radius 2 is 1.26 bits per heavy atom. The van der Waals surface area contributed by atoms with Crippen LogP contribution >= 0.6 is 0 Å². The number of carbonyl (C=O) groups is 2. The fraction of sp³-hybridized carbons (Fsp3) is 0.533. The maximum absolute atomic E-state index is 13.7. The largest absolute Gasteiger partial charge is 0.343 e. The minimum Gasteiger partial charge on any atom is -0.343 e. The molecule has 0 aliphatic carbocycles. The lowest BCUT2D eigenvalue weighted by atomic mass is 9.82. The smallest absolute Gasteiger partial charge is 0.223 e. The molecule has 0 spiro atoms. The number of hydrogen-bond donors (Lipinski definition) is 0. The van der Waals surface area contributed by atoms with E-state index >= 15 is 0 Å². The van der Waals surface area contributed by atoms with Crippen molar-refractivity contribution in [3.63, 3.8) is 0 Å². The first kappa shape index (κ1) is 40.8. The van der Waals surface area contributed by atoms with Crippen LogP contribution in [-0.2, 0) is 103 Å². The molecule has 2 aliphatic heterocycles. The average Bonchev–Trinajstić information content (AvgIpc) is 3.05. The van der Waals surface area contributed by atoms with Crippen molar-refractivity contribution in [2.24, 2.45) is 11.3 Å². The van der Waals surface area contributed by atoms with Crippen molar-refractivity contribution < 1.29 is 18.4 Å². The van der Waals surface area contributed by atoms with Crippen LogP contribution in [0.3, 0.4) is 0 Å². The molecule has 0 saturated carbocycles. The van der Waals surface area contributed by atoms with Gasteiger partial charge in [0.25, 0.3) is 0 Å². The Balaban J connectivity index is 0.000000520. The van der Waals surface area contributed by atoms with E-state index in [0.717, 1.165) is 37.1 Å². The molecule has 2 aromatic rings. The summed E-state index contributed by atoms with van der Waals surface area (Å²) in [5.41, 5.74) is 1.73. The zero-order valence-corrected chi connectivity index (χ0v) is 34.7. The Morgan fingerprint density at radius 3 is 1.68 bits per heavy atom. The van der Waals surface area contributed by atoms with Gasteiger partial charge in [-0.05, 0) is 59.6 Å². The first-order valence-electron chi connectivity index (χ1n) is 14.8. The van der Waals surface area contributed by atoms with Crippen LogP contribution < -0.4 is 0 Å². The number of piperazine rings is 1. The highest BCUT2D eigenvalue weighted by Crippen LogP contribution is 2.36. The van der Waals surface area contributed by atoms with E-state index in [4.69, 9.17) is 0 Å². The Morgan fingerprint density at radius 1 is 0.787 bits per heavy atom. The maximum Gasteiger partial charge on any atom is 0.223 e. The van der Waals surface area contributed by atoms with Crippen molar-refractivity contribution in [3.05, 3.63) is 71.3 Å². The van der Waals surface area contributed by atoms with E-state index in [0.29, 0.717) is 32.0 Å². The Kier molecular flexibility index (Phi) is 18.2. The summed E-state index contributed by atoms with van der Waals surface area (Å²) in [6.07, 6.45) is 2.24. The van der Waals surface area contributed by atoms with Crippen LogP contribution in [0.15, 0.2) is 48.5 Å². The predicted octanol–water partition coefficient (Wildman–Crippen LogP) is 5.24. The van der Waals surface area contributed by atoms with Gasteiger partial charge in [-0.3, -0.25) is 14.5 Å². The van der Waals surface area contributed by atoms with Gasteiger partial charge in [-0.25, -0.2) is 8.78 Å². The van der Waals surface area contributed by atoms with E-state index in [-0.39, 0.29) is 40.9 Å². The second kappa shape index (κ2) is 20.9. The zero-order chi connectivity index (χ0) is 34.4. The number of amides is 2. The lowest BCUT2D eigenvalue weighted by molar-refractivity contribution is -0.141. The van der Waals surface area contributed by atoms with Gasteiger partial charge in [0.05, 0.1) is 6.04 Å². The van der Waals surface area contributed by atoms with E-state index < -0.39 is 0 Å². The third-order valence-corrected chi connectivity index (χ3v) is 23.7. The highest BCUT2D eigenvalue weighted by molar-refractivity contribution is 8.73. The molecule has 47 heavy (non-hydrogen) atoms. The van der Waals surface area contributed by atoms with E-state index in [1.807, 2.05) is 4.90 Å². The molecule has 0 radical (unpaired) electrons. The summed E-state index contributed by atoms with van der Waals surface area (Å²) >= 11 is 9.31. The standard InChI is InChI=1S/C30H39F2N3O2.S10/c1-21(36)33-15-13-22(14-16-33)19-28(37)35-18-17-34(20-27(35)30(2,3)4)29(23-5-9-25(31)10-6-23)24-7-11-26(32)12-8-24;1-3-5-7-9-10-8-6-4-2/h5-12,22,27,29H,13-20H2,1-4H3;/t27-;/m1./s1. The minimum absolute atomic E-state index is 0.00513. The number of benzene rings is 2. The number of hydrogen-bond acceptors (Lipinski definition) is 5. The Hall–Kier alpha value is -0.600. The third-order valence-electron chi connectivity index (χ3n) is 8.19. The molecule has 5 nitrogen and oxygen atoms in total. The summed E-state index contributed by atoms with van der Waals surface area (Å²) in [4.78, 5) is 31.5. The summed E-state index contributed by atoms with van der Waals surface area (Å²) in [5.74, 6) is -0.00287.